The molecule has 5 atom stereocenters. The van der Waals surface area contributed by atoms with E-state index in [1.54, 1.807) is 24.3 Å². The number of fused-ring (bicyclic) bond motifs is 2. The average molecular weight is 581 g/mol. The summed E-state index contributed by atoms with van der Waals surface area (Å²) < 4.78 is 43.8. The van der Waals surface area contributed by atoms with Crippen LogP contribution in [0.15, 0.2) is 36.4 Å². The van der Waals surface area contributed by atoms with Crippen molar-refractivity contribution in [2.75, 3.05) is 12.4 Å². The van der Waals surface area contributed by atoms with Crippen LogP contribution in [0.2, 0.25) is 0 Å². The van der Waals surface area contributed by atoms with Crippen molar-refractivity contribution >= 4 is 65.4 Å². The van der Waals surface area contributed by atoms with Gasteiger partial charge in [-0.25, -0.2) is 9.97 Å². The Hall–Kier alpha value is -2.53. The Kier molecular flexibility index (Phi) is 7.77. The molecule has 1 saturated heterocycles. The topological polar surface area (TPSA) is 180 Å². The van der Waals surface area contributed by atoms with Crippen LogP contribution in [0.3, 0.4) is 0 Å². The van der Waals surface area contributed by atoms with Crippen LogP contribution in [0, 0.1) is 0 Å². The van der Waals surface area contributed by atoms with Crippen molar-refractivity contribution in [3.05, 3.63) is 52.0 Å². The molecule has 1 aliphatic rings. The minimum Gasteiger partial charge on any atom is -0.462 e. The predicted octanol–water partition coefficient (Wildman–Crippen LogP) is 1.69. The molecule has 14 heteroatoms. The van der Waals surface area contributed by atoms with Gasteiger partial charge in [0.25, 0.3) is 10.1 Å². The molecule has 1 fully saturated rings. The van der Waals surface area contributed by atoms with E-state index in [-0.39, 0.29) is 12.2 Å². The molecule has 0 aliphatic carbocycles. The first-order chi connectivity index (χ1) is 18.1. The molecule has 4 aromatic rings. The van der Waals surface area contributed by atoms with Gasteiger partial charge in [0.1, 0.15) is 40.2 Å². The summed E-state index contributed by atoms with van der Waals surface area (Å²) in [4.78, 5) is 9.15. The Morgan fingerprint density at radius 1 is 0.921 bits per heavy atom. The standard InChI is InChI=1S/C24H24N2O9S3/c27-11-16-21(28)22(29)23(30)24(35-16)34-13-2-4-15-18(10-13)37-20(26-15)6-5-19-25-14-3-1-12(9-17(14)36-19)7-8-38(31,32)33/h1-6,9-10,16,21-24,27-30H,7-8,11H2,(H,31,32,33)/t16-,21+,22+,23-,24-/m1/s1. The molecule has 0 unspecified atom stereocenters. The minimum atomic E-state index is -4.02. The maximum absolute atomic E-state index is 11.0. The number of rotatable bonds is 8. The van der Waals surface area contributed by atoms with Crippen molar-refractivity contribution in [1.29, 1.82) is 0 Å². The van der Waals surface area contributed by atoms with Gasteiger partial charge in [0.15, 0.2) is 0 Å². The zero-order valence-corrected chi connectivity index (χ0v) is 22.1. The van der Waals surface area contributed by atoms with Crippen LogP contribution in [0.25, 0.3) is 32.6 Å². The Morgan fingerprint density at radius 3 is 2.18 bits per heavy atom. The Labute approximate surface area is 225 Å². The van der Waals surface area contributed by atoms with Crippen LogP contribution in [-0.2, 0) is 21.3 Å². The third-order valence-corrected chi connectivity index (χ3v) is 8.65. The van der Waals surface area contributed by atoms with Gasteiger partial charge in [-0.15, -0.1) is 22.7 Å². The van der Waals surface area contributed by atoms with Crippen molar-refractivity contribution in [2.24, 2.45) is 0 Å². The third kappa shape index (κ3) is 6.03. The molecular formula is C24H24N2O9S3. The van der Waals surface area contributed by atoms with Crippen LogP contribution in [0.5, 0.6) is 5.75 Å². The highest BCUT2D eigenvalue weighted by molar-refractivity contribution is 7.85. The molecule has 1 aliphatic heterocycles. The minimum absolute atomic E-state index is 0.214. The highest BCUT2D eigenvalue weighted by atomic mass is 32.2. The molecule has 5 rings (SSSR count). The molecular weight excluding hydrogens is 556 g/mol. The monoisotopic (exact) mass is 580 g/mol. The van der Waals surface area contributed by atoms with Crippen LogP contribution < -0.4 is 4.74 Å². The SMILES string of the molecule is O=S(=O)(O)CCc1ccc2nc(C=Cc3nc4ccc(O[C@@H]5O[C@H](CO)[C@H](O)[C@H](O)[C@H]5O)cc4s3)sc2c1. The normalized spacial score (nSPS) is 24.5. The zero-order valence-electron chi connectivity index (χ0n) is 19.6. The first-order valence-electron chi connectivity index (χ1n) is 11.5. The number of aliphatic hydroxyl groups excluding tert-OH is 4. The van der Waals surface area contributed by atoms with E-state index >= 15 is 0 Å². The summed E-state index contributed by atoms with van der Waals surface area (Å²) in [6.07, 6.45) is -2.94. The van der Waals surface area contributed by atoms with Gasteiger partial charge in [-0.1, -0.05) is 6.07 Å². The summed E-state index contributed by atoms with van der Waals surface area (Å²) in [5.41, 5.74) is 2.30. The van der Waals surface area contributed by atoms with Gasteiger partial charge in [0, 0.05) is 0 Å². The summed E-state index contributed by atoms with van der Waals surface area (Å²) in [6.45, 7) is -0.543. The first-order valence-corrected chi connectivity index (χ1v) is 14.7. The van der Waals surface area contributed by atoms with Crippen LogP contribution in [0.1, 0.15) is 15.6 Å². The highest BCUT2D eigenvalue weighted by Gasteiger charge is 2.44. The van der Waals surface area contributed by atoms with Crippen molar-refractivity contribution in [1.82, 2.24) is 9.97 Å². The molecule has 0 spiro atoms. The van der Waals surface area contributed by atoms with E-state index in [0.717, 1.165) is 36.0 Å². The number of aromatic nitrogens is 2. The highest BCUT2D eigenvalue weighted by Crippen LogP contribution is 2.31. The van der Waals surface area contributed by atoms with Crippen LogP contribution >= 0.6 is 22.7 Å². The number of thiazole rings is 2. The van der Waals surface area contributed by atoms with E-state index in [2.05, 4.69) is 9.97 Å². The predicted molar refractivity (Wildman–Crippen MR) is 143 cm³/mol. The van der Waals surface area contributed by atoms with Crippen molar-refractivity contribution in [2.45, 2.75) is 37.1 Å². The second kappa shape index (κ2) is 10.9. The Bertz CT molecular complexity index is 1580. The van der Waals surface area contributed by atoms with Crippen molar-refractivity contribution < 1.29 is 42.9 Å². The first kappa shape index (κ1) is 27.1. The third-order valence-electron chi connectivity index (χ3n) is 5.96. The van der Waals surface area contributed by atoms with Crippen LogP contribution in [-0.4, -0.2) is 86.4 Å². The van der Waals surface area contributed by atoms with Crippen LogP contribution in [0.4, 0.5) is 0 Å². The van der Waals surface area contributed by atoms with E-state index in [0.29, 0.717) is 5.75 Å². The zero-order chi connectivity index (χ0) is 27.0. The number of hydrogen-bond acceptors (Lipinski definition) is 12. The van der Waals surface area contributed by atoms with Gasteiger partial charge in [-0.2, -0.15) is 8.42 Å². The molecule has 202 valence electrons. The molecule has 5 N–H and O–H groups in total. The largest absolute Gasteiger partial charge is 0.462 e. The van der Waals surface area contributed by atoms with Gasteiger partial charge in [0.2, 0.25) is 6.29 Å². The summed E-state index contributed by atoms with van der Waals surface area (Å²) in [7, 11) is -4.02. The molecule has 0 amide bonds. The van der Waals surface area contributed by atoms with Crippen molar-refractivity contribution in [3.8, 4) is 5.75 Å². The van der Waals surface area contributed by atoms with Gasteiger partial charge in [-0.3, -0.25) is 4.55 Å². The van der Waals surface area contributed by atoms with Gasteiger partial charge >= 0.3 is 0 Å². The molecule has 2 aromatic heterocycles. The quantitative estimate of drug-likeness (QED) is 0.191. The second-order valence-corrected chi connectivity index (χ2v) is 12.4. The van der Waals surface area contributed by atoms with E-state index in [9.17, 15) is 28.8 Å². The van der Waals surface area contributed by atoms with E-state index < -0.39 is 47.4 Å². The fraction of sp³-hybridized carbons (Fsp3) is 0.333. The molecule has 3 heterocycles. The lowest BCUT2D eigenvalue weighted by Gasteiger charge is -2.39. The van der Waals surface area contributed by atoms with Gasteiger partial charge in [-0.05, 0) is 54.5 Å². The van der Waals surface area contributed by atoms with Gasteiger partial charge in [0.05, 0.1) is 32.8 Å². The fourth-order valence-corrected chi connectivity index (χ4v) is 6.30. The van der Waals surface area contributed by atoms with E-state index in [1.807, 2.05) is 24.3 Å². The number of benzene rings is 2. The summed E-state index contributed by atoms with van der Waals surface area (Å²) >= 11 is 2.85. The average Bonchev–Trinajstić information content (AvgIpc) is 3.48. The second-order valence-electron chi connectivity index (χ2n) is 8.72. The molecule has 2 aromatic carbocycles. The van der Waals surface area contributed by atoms with E-state index in [4.69, 9.17) is 14.0 Å². The number of ether oxygens (including phenoxy) is 2. The Balaban J connectivity index is 1.29. The Morgan fingerprint density at radius 2 is 1.55 bits per heavy atom. The molecule has 11 nitrogen and oxygen atoms in total. The lowest BCUT2D eigenvalue weighted by Crippen LogP contribution is -2.60. The lowest BCUT2D eigenvalue weighted by atomic mass is 9.99. The number of nitrogens with zero attached hydrogens (tertiary/aromatic N) is 2. The van der Waals surface area contributed by atoms with E-state index in [1.165, 1.54) is 22.7 Å². The summed E-state index contributed by atoms with van der Waals surface area (Å²) in [5.74, 6) is 0.0220. The number of aryl methyl sites for hydroxylation is 1. The molecule has 0 bridgehead atoms. The maximum atomic E-state index is 11.0. The summed E-state index contributed by atoms with van der Waals surface area (Å²) in [6, 6.07) is 10.6. The molecule has 0 radical (unpaired) electrons. The van der Waals surface area contributed by atoms with Crippen molar-refractivity contribution in [3.63, 3.8) is 0 Å². The molecule has 38 heavy (non-hydrogen) atoms. The fourth-order valence-electron chi connectivity index (χ4n) is 3.97. The van der Waals surface area contributed by atoms with Gasteiger partial charge < -0.3 is 29.9 Å². The smallest absolute Gasteiger partial charge is 0.265 e. The number of aliphatic hydroxyl groups is 4. The number of hydrogen-bond donors (Lipinski definition) is 5. The lowest BCUT2D eigenvalue weighted by molar-refractivity contribution is -0.277. The maximum Gasteiger partial charge on any atom is 0.265 e. The summed E-state index contributed by atoms with van der Waals surface area (Å²) in [5, 5.41) is 40.9. The molecule has 0 saturated carbocycles.